The van der Waals surface area contributed by atoms with Crippen LogP contribution in [0.2, 0.25) is 0 Å². The molecular weight excluding hydrogens is 359 g/mol. The summed E-state index contributed by atoms with van der Waals surface area (Å²) >= 11 is 3.07. The van der Waals surface area contributed by atoms with E-state index in [1.807, 2.05) is 0 Å². The highest BCUT2D eigenvalue weighted by molar-refractivity contribution is 9.10. The van der Waals surface area contributed by atoms with Crippen molar-refractivity contribution in [3.05, 3.63) is 52.3 Å². The van der Waals surface area contributed by atoms with Gasteiger partial charge in [-0.05, 0) is 52.7 Å². The van der Waals surface area contributed by atoms with E-state index in [2.05, 4.69) is 15.9 Å². The van der Waals surface area contributed by atoms with Crippen LogP contribution in [0.3, 0.4) is 0 Å². The van der Waals surface area contributed by atoms with E-state index in [4.69, 9.17) is 0 Å². The fourth-order valence-corrected chi connectivity index (χ4v) is 4.04. The summed E-state index contributed by atoms with van der Waals surface area (Å²) < 4.78 is 63.7. The molecule has 1 heterocycles. The second kappa shape index (κ2) is 4.92. The van der Waals surface area contributed by atoms with E-state index in [1.165, 1.54) is 6.20 Å². The van der Waals surface area contributed by atoms with Gasteiger partial charge >= 0.3 is 6.18 Å². The van der Waals surface area contributed by atoms with Crippen molar-refractivity contribution in [1.29, 1.82) is 0 Å². The van der Waals surface area contributed by atoms with Gasteiger partial charge < -0.3 is 0 Å². The first-order valence-corrected chi connectivity index (χ1v) is 7.63. The molecular formula is C12H9BrF3NO2S. The van der Waals surface area contributed by atoms with Crippen molar-refractivity contribution in [2.24, 2.45) is 0 Å². The average Bonchev–Trinajstić information content (AvgIpc) is 2.68. The SMILES string of the molecule is Cc1cc(Br)n(S(=O)(=O)c2cccc(C(F)(F)F)c2)c1. The molecule has 108 valence electrons. The van der Waals surface area contributed by atoms with Gasteiger partial charge in [-0.25, -0.2) is 12.4 Å². The van der Waals surface area contributed by atoms with Gasteiger partial charge in [0.05, 0.1) is 15.1 Å². The van der Waals surface area contributed by atoms with Crippen molar-refractivity contribution in [1.82, 2.24) is 3.97 Å². The summed E-state index contributed by atoms with van der Waals surface area (Å²) in [4.78, 5) is -0.413. The number of halogens is 4. The van der Waals surface area contributed by atoms with Gasteiger partial charge in [-0.1, -0.05) is 6.07 Å². The molecule has 1 aromatic carbocycles. The molecule has 2 aromatic rings. The van der Waals surface area contributed by atoms with Crippen LogP contribution in [0, 0.1) is 6.92 Å². The zero-order valence-electron chi connectivity index (χ0n) is 10.1. The van der Waals surface area contributed by atoms with Crippen molar-refractivity contribution in [3.8, 4) is 0 Å². The molecule has 0 N–H and O–H groups in total. The molecule has 0 radical (unpaired) electrons. The summed E-state index contributed by atoms with van der Waals surface area (Å²) in [6.45, 7) is 1.68. The third-order valence-corrected chi connectivity index (χ3v) is 5.11. The molecule has 0 aliphatic heterocycles. The van der Waals surface area contributed by atoms with Crippen LogP contribution in [0.25, 0.3) is 0 Å². The maximum atomic E-state index is 12.6. The monoisotopic (exact) mass is 367 g/mol. The van der Waals surface area contributed by atoms with Crippen LogP contribution >= 0.6 is 15.9 Å². The minimum Gasteiger partial charge on any atom is -0.235 e. The van der Waals surface area contributed by atoms with Crippen molar-refractivity contribution >= 4 is 26.0 Å². The van der Waals surface area contributed by atoms with E-state index in [1.54, 1.807) is 13.0 Å². The summed E-state index contributed by atoms with van der Waals surface area (Å²) in [6.07, 6.45) is -3.25. The molecule has 0 amide bonds. The largest absolute Gasteiger partial charge is 0.416 e. The molecule has 0 bridgehead atoms. The number of hydrogen-bond donors (Lipinski definition) is 0. The summed E-state index contributed by atoms with van der Waals surface area (Å²) in [7, 11) is -4.06. The number of aromatic nitrogens is 1. The van der Waals surface area contributed by atoms with Gasteiger partial charge in [-0.15, -0.1) is 0 Å². The molecule has 0 unspecified atom stereocenters. The molecule has 3 nitrogen and oxygen atoms in total. The quantitative estimate of drug-likeness (QED) is 0.809. The van der Waals surface area contributed by atoms with Crippen LogP contribution in [0.5, 0.6) is 0 Å². The molecule has 0 fully saturated rings. The summed E-state index contributed by atoms with van der Waals surface area (Å²) in [5.41, 5.74) is -0.328. The van der Waals surface area contributed by atoms with Crippen molar-refractivity contribution < 1.29 is 21.6 Å². The standard InChI is InChI=1S/C12H9BrF3NO2S/c1-8-5-11(13)17(7-8)20(18,19)10-4-2-3-9(6-10)12(14,15)16/h2-7H,1H3. The predicted octanol–water partition coefficient (Wildman–Crippen LogP) is 3.81. The maximum absolute atomic E-state index is 12.6. The summed E-state index contributed by atoms with van der Waals surface area (Å²) in [6, 6.07) is 5.21. The molecule has 1 aromatic heterocycles. The Morgan fingerprint density at radius 1 is 1.20 bits per heavy atom. The Morgan fingerprint density at radius 3 is 2.35 bits per heavy atom. The van der Waals surface area contributed by atoms with E-state index in [9.17, 15) is 21.6 Å². The first-order chi connectivity index (χ1) is 9.12. The molecule has 20 heavy (non-hydrogen) atoms. The fraction of sp³-hybridized carbons (Fsp3) is 0.167. The lowest BCUT2D eigenvalue weighted by Gasteiger charge is -2.10. The number of alkyl halides is 3. The fourth-order valence-electron chi connectivity index (χ4n) is 1.67. The lowest BCUT2D eigenvalue weighted by molar-refractivity contribution is -0.137. The van der Waals surface area contributed by atoms with Crippen LogP contribution in [0.4, 0.5) is 13.2 Å². The van der Waals surface area contributed by atoms with Crippen LogP contribution < -0.4 is 0 Å². The Morgan fingerprint density at radius 2 is 1.85 bits per heavy atom. The zero-order chi connectivity index (χ0) is 15.1. The lowest BCUT2D eigenvalue weighted by atomic mass is 10.2. The van der Waals surface area contributed by atoms with E-state index in [0.717, 1.165) is 22.2 Å². The molecule has 0 spiro atoms. The highest BCUT2D eigenvalue weighted by Gasteiger charge is 2.32. The number of benzene rings is 1. The third kappa shape index (κ3) is 2.76. The average molecular weight is 368 g/mol. The van der Waals surface area contributed by atoms with Gasteiger partial charge in [0.1, 0.15) is 0 Å². The minimum atomic E-state index is -4.59. The Kier molecular flexibility index (Phi) is 3.72. The van der Waals surface area contributed by atoms with Gasteiger partial charge in [0.15, 0.2) is 0 Å². The highest BCUT2D eigenvalue weighted by Crippen LogP contribution is 2.31. The van der Waals surface area contributed by atoms with Gasteiger partial charge in [0.2, 0.25) is 0 Å². The van der Waals surface area contributed by atoms with E-state index in [-0.39, 0.29) is 4.60 Å². The topological polar surface area (TPSA) is 39.1 Å². The molecule has 2 rings (SSSR count). The van der Waals surface area contributed by atoms with Crippen LogP contribution in [0.15, 0.2) is 46.0 Å². The Bertz CT molecular complexity index is 750. The lowest BCUT2D eigenvalue weighted by Crippen LogP contribution is -2.14. The molecule has 0 saturated carbocycles. The number of nitrogens with zero attached hydrogens (tertiary/aromatic N) is 1. The van der Waals surface area contributed by atoms with Crippen molar-refractivity contribution in [3.63, 3.8) is 0 Å². The summed E-state index contributed by atoms with van der Waals surface area (Å²) in [5, 5.41) is 0. The smallest absolute Gasteiger partial charge is 0.235 e. The van der Waals surface area contributed by atoms with Gasteiger partial charge in [0, 0.05) is 6.20 Å². The highest BCUT2D eigenvalue weighted by atomic mass is 79.9. The molecule has 0 atom stereocenters. The Hall–Kier alpha value is -1.28. The first kappa shape index (κ1) is 15.1. The zero-order valence-corrected chi connectivity index (χ0v) is 12.6. The van der Waals surface area contributed by atoms with Crippen molar-refractivity contribution in [2.45, 2.75) is 18.0 Å². The predicted molar refractivity (Wildman–Crippen MR) is 70.9 cm³/mol. The van der Waals surface area contributed by atoms with Gasteiger partial charge in [-0.2, -0.15) is 13.2 Å². The Labute approximate surface area is 122 Å². The molecule has 0 saturated heterocycles. The number of rotatable bonds is 2. The van der Waals surface area contributed by atoms with Crippen LogP contribution in [-0.2, 0) is 16.2 Å². The van der Waals surface area contributed by atoms with E-state index in [0.29, 0.717) is 11.6 Å². The first-order valence-electron chi connectivity index (χ1n) is 5.40. The second-order valence-electron chi connectivity index (χ2n) is 4.17. The van der Waals surface area contributed by atoms with E-state index < -0.39 is 26.7 Å². The number of aryl methyl sites for hydroxylation is 1. The second-order valence-corrected chi connectivity index (χ2v) is 6.79. The third-order valence-electron chi connectivity index (χ3n) is 2.60. The maximum Gasteiger partial charge on any atom is 0.416 e. The molecule has 0 aliphatic carbocycles. The van der Waals surface area contributed by atoms with E-state index >= 15 is 0 Å². The van der Waals surface area contributed by atoms with Gasteiger partial charge in [-0.3, -0.25) is 0 Å². The molecule has 8 heteroatoms. The minimum absolute atomic E-state index is 0.257. The van der Waals surface area contributed by atoms with Crippen LogP contribution in [0.1, 0.15) is 11.1 Å². The van der Waals surface area contributed by atoms with Gasteiger partial charge in [0.25, 0.3) is 10.0 Å². The Balaban J connectivity index is 2.59. The number of hydrogen-bond acceptors (Lipinski definition) is 2. The van der Waals surface area contributed by atoms with Crippen LogP contribution in [-0.4, -0.2) is 12.4 Å². The normalized spacial score (nSPS) is 12.7. The summed E-state index contributed by atoms with van der Waals surface area (Å²) in [5.74, 6) is 0. The van der Waals surface area contributed by atoms with Crippen molar-refractivity contribution in [2.75, 3.05) is 0 Å². The molecule has 0 aliphatic rings.